The van der Waals surface area contributed by atoms with Crippen LogP contribution in [-0.2, 0) is 9.53 Å². The maximum atomic E-state index is 11.3. The second-order valence-electron chi connectivity index (χ2n) is 7.60. The number of aromatic nitrogens is 1. The van der Waals surface area contributed by atoms with Gasteiger partial charge in [0, 0.05) is 46.2 Å². The van der Waals surface area contributed by atoms with Crippen molar-refractivity contribution in [1.29, 1.82) is 0 Å². The standard InChI is InChI=1S/C22H28N4O3/c1-18(27)25-15-13-24(14-16-25)10-4-5-17-28-19-8-11-26(12-9-19)22-23-20-6-2-3-7-21(20)29-22/h2-3,6-7,19H,8-17H2,1H3. The Morgan fingerprint density at radius 1 is 1.14 bits per heavy atom. The molecule has 3 heterocycles. The maximum absolute atomic E-state index is 11.3. The molecule has 0 radical (unpaired) electrons. The van der Waals surface area contributed by atoms with Gasteiger partial charge in [0.05, 0.1) is 12.6 Å². The molecule has 7 nitrogen and oxygen atoms in total. The first-order valence-corrected chi connectivity index (χ1v) is 10.3. The molecule has 2 fully saturated rings. The van der Waals surface area contributed by atoms with Crippen LogP contribution in [0.1, 0.15) is 19.8 Å². The molecule has 0 saturated carbocycles. The van der Waals surface area contributed by atoms with Crippen molar-refractivity contribution in [2.24, 2.45) is 0 Å². The number of amides is 1. The van der Waals surface area contributed by atoms with Crippen LogP contribution in [-0.4, -0.2) is 79.2 Å². The lowest BCUT2D eigenvalue weighted by Crippen LogP contribution is -2.47. The average Bonchev–Trinajstić information content (AvgIpc) is 3.18. The van der Waals surface area contributed by atoms with Crippen LogP contribution in [0.3, 0.4) is 0 Å². The quantitative estimate of drug-likeness (QED) is 0.737. The second kappa shape index (κ2) is 9.29. The number of oxazole rings is 1. The monoisotopic (exact) mass is 396 g/mol. The Bertz CT molecular complexity index is 851. The van der Waals surface area contributed by atoms with Gasteiger partial charge in [0.25, 0.3) is 6.01 Å². The van der Waals surface area contributed by atoms with Crippen molar-refractivity contribution in [3.63, 3.8) is 0 Å². The Labute approximate surface area is 171 Å². The number of anilines is 1. The summed E-state index contributed by atoms with van der Waals surface area (Å²) in [5.74, 6) is 6.49. The van der Waals surface area contributed by atoms with Crippen molar-refractivity contribution in [2.45, 2.75) is 25.9 Å². The molecule has 0 spiro atoms. The molecule has 0 bridgehead atoms. The first-order chi connectivity index (χ1) is 14.2. The fourth-order valence-corrected chi connectivity index (χ4v) is 3.81. The van der Waals surface area contributed by atoms with E-state index in [0.29, 0.717) is 12.6 Å². The number of carbonyl (C=O) groups excluding carboxylic acids is 1. The summed E-state index contributed by atoms with van der Waals surface area (Å²) in [6, 6.07) is 8.56. The summed E-state index contributed by atoms with van der Waals surface area (Å²) < 4.78 is 11.8. The molecule has 154 valence electrons. The third kappa shape index (κ3) is 5.08. The zero-order valence-corrected chi connectivity index (χ0v) is 17.0. The molecule has 4 rings (SSSR count). The second-order valence-corrected chi connectivity index (χ2v) is 7.60. The van der Waals surface area contributed by atoms with E-state index in [9.17, 15) is 4.79 Å². The summed E-state index contributed by atoms with van der Waals surface area (Å²) >= 11 is 0. The lowest BCUT2D eigenvalue weighted by molar-refractivity contribution is -0.130. The number of benzene rings is 1. The van der Waals surface area contributed by atoms with Crippen LogP contribution in [0, 0.1) is 11.8 Å². The van der Waals surface area contributed by atoms with E-state index in [1.165, 1.54) is 0 Å². The minimum atomic E-state index is 0.159. The van der Waals surface area contributed by atoms with Crippen molar-refractivity contribution >= 4 is 23.0 Å². The molecular weight excluding hydrogens is 368 g/mol. The molecule has 2 aliphatic rings. The summed E-state index contributed by atoms with van der Waals surface area (Å²) in [6.45, 7) is 7.98. The zero-order chi connectivity index (χ0) is 20.1. The SMILES string of the molecule is CC(=O)N1CCN(CC#CCOC2CCN(c3nc4ccccc4o3)CC2)CC1. The number of nitrogens with zero attached hydrogens (tertiary/aromatic N) is 4. The van der Waals surface area contributed by atoms with Gasteiger partial charge in [0.15, 0.2) is 5.58 Å². The number of hydrogen-bond acceptors (Lipinski definition) is 6. The third-order valence-electron chi connectivity index (χ3n) is 5.63. The first-order valence-electron chi connectivity index (χ1n) is 10.3. The lowest BCUT2D eigenvalue weighted by atomic mass is 10.1. The number of fused-ring (bicyclic) bond motifs is 1. The van der Waals surface area contributed by atoms with Gasteiger partial charge in [0.2, 0.25) is 5.91 Å². The highest BCUT2D eigenvalue weighted by Gasteiger charge is 2.23. The molecule has 7 heteroatoms. The minimum absolute atomic E-state index is 0.159. The normalized spacial score (nSPS) is 18.7. The van der Waals surface area contributed by atoms with Gasteiger partial charge in [-0.1, -0.05) is 24.0 Å². The van der Waals surface area contributed by atoms with Crippen LogP contribution in [0.15, 0.2) is 28.7 Å². The molecule has 0 unspecified atom stereocenters. The summed E-state index contributed by atoms with van der Waals surface area (Å²) in [7, 11) is 0. The molecule has 0 aliphatic carbocycles. The summed E-state index contributed by atoms with van der Waals surface area (Å²) in [5.41, 5.74) is 1.73. The Balaban J connectivity index is 1.15. The van der Waals surface area contributed by atoms with E-state index in [1.807, 2.05) is 29.2 Å². The number of piperazine rings is 1. The first kappa shape index (κ1) is 19.7. The molecule has 2 aliphatic heterocycles. The van der Waals surface area contributed by atoms with Gasteiger partial charge in [-0.15, -0.1) is 0 Å². The van der Waals surface area contributed by atoms with E-state index in [0.717, 1.165) is 69.8 Å². The fraction of sp³-hybridized carbons (Fsp3) is 0.545. The largest absolute Gasteiger partial charge is 0.423 e. The average molecular weight is 396 g/mol. The molecule has 0 N–H and O–H groups in total. The van der Waals surface area contributed by atoms with Gasteiger partial charge in [-0.3, -0.25) is 9.69 Å². The minimum Gasteiger partial charge on any atom is -0.423 e. The fourth-order valence-electron chi connectivity index (χ4n) is 3.81. The highest BCUT2D eigenvalue weighted by Crippen LogP contribution is 2.25. The smallest absolute Gasteiger partial charge is 0.298 e. The number of hydrogen-bond donors (Lipinski definition) is 0. The van der Waals surface area contributed by atoms with E-state index >= 15 is 0 Å². The van der Waals surface area contributed by atoms with Gasteiger partial charge < -0.3 is 19.0 Å². The lowest BCUT2D eigenvalue weighted by Gasteiger charge is -2.33. The Kier molecular flexibility index (Phi) is 6.33. The van der Waals surface area contributed by atoms with Gasteiger partial charge in [0.1, 0.15) is 12.1 Å². The Morgan fingerprint density at radius 2 is 1.90 bits per heavy atom. The predicted octanol–water partition coefficient (Wildman–Crippen LogP) is 1.98. The van der Waals surface area contributed by atoms with Crippen LogP contribution in [0.25, 0.3) is 11.1 Å². The molecular formula is C22H28N4O3. The third-order valence-corrected chi connectivity index (χ3v) is 5.63. The predicted molar refractivity (Wildman–Crippen MR) is 112 cm³/mol. The van der Waals surface area contributed by atoms with Crippen LogP contribution in [0.5, 0.6) is 0 Å². The maximum Gasteiger partial charge on any atom is 0.298 e. The zero-order valence-electron chi connectivity index (χ0n) is 17.0. The molecule has 1 aromatic heterocycles. The highest BCUT2D eigenvalue weighted by molar-refractivity contribution is 5.74. The van der Waals surface area contributed by atoms with Crippen molar-refractivity contribution in [3.05, 3.63) is 24.3 Å². The van der Waals surface area contributed by atoms with Gasteiger partial charge >= 0.3 is 0 Å². The van der Waals surface area contributed by atoms with Gasteiger partial charge in [-0.2, -0.15) is 4.98 Å². The number of ether oxygens (including phenoxy) is 1. The van der Waals surface area contributed by atoms with Gasteiger partial charge in [-0.25, -0.2) is 0 Å². The highest BCUT2D eigenvalue weighted by atomic mass is 16.5. The molecule has 2 aromatic rings. The van der Waals surface area contributed by atoms with Crippen LogP contribution < -0.4 is 4.90 Å². The van der Waals surface area contributed by atoms with Crippen molar-refractivity contribution in [1.82, 2.24) is 14.8 Å². The Morgan fingerprint density at radius 3 is 2.62 bits per heavy atom. The molecule has 29 heavy (non-hydrogen) atoms. The summed E-state index contributed by atoms with van der Waals surface area (Å²) in [4.78, 5) is 22.3. The number of carbonyl (C=O) groups is 1. The van der Waals surface area contributed by atoms with E-state index in [1.54, 1.807) is 6.92 Å². The topological polar surface area (TPSA) is 62.1 Å². The summed E-state index contributed by atoms with van der Waals surface area (Å²) in [6.07, 6.45) is 2.14. The number of rotatable bonds is 4. The van der Waals surface area contributed by atoms with Crippen LogP contribution >= 0.6 is 0 Å². The van der Waals surface area contributed by atoms with E-state index < -0.39 is 0 Å². The van der Waals surface area contributed by atoms with E-state index in [-0.39, 0.29) is 12.0 Å². The molecule has 1 amide bonds. The van der Waals surface area contributed by atoms with Crippen LogP contribution in [0.2, 0.25) is 0 Å². The number of para-hydroxylation sites is 2. The van der Waals surface area contributed by atoms with Crippen LogP contribution in [0.4, 0.5) is 6.01 Å². The molecule has 2 saturated heterocycles. The Hall–Kier alpha value is -2.56. The van der Waals surface area contributed by atoms with Crippen molar-refractivity contribution in [2.75, 3.05) is 57.3 Å². The van der Waals surface area contributed by atoms with Crippen molar-refractivity contribution in [3.8, 4) is 11.8 Å². The van der Waals surface area contributed by atoms with E-state index in [2.05, 4.69) is 26.6 Å². The van der Waals surface area contributed by atoms with E-state index in [4.69, 9.17) is 9.15 Å². The van der Waals surface area contributed by atoms with Crippen molar-refractivity contribution < 1.29 is 13.9 Å². The summed E-state index contributed by atoms with van der Waals surface area (Å²) in [5, 5.41) is 0. The number of piperidine rings is 1. The molecule has 0 atom stereocenters. The molecule has 1 aromatic carbocycles. The van der Waals surface area contributed by atoms with Gasteiger partial charge in [-0.05, 0) is 25.0 Å².